The molecule has 0 radical (unpaired) electrons. The molecule has 6 nitrogen and oxygen atoms in total. The largest absolute Gasteiger partial charge is 0.367 e. The Labute approximate surface area is 175 Å². The topological polar surface area (TPSA) is 70.2 Å². The van der Waals surface area contributed by atoms with E-state index in [1.807, 2.05) is 32.0 Å². The summed E-state index contributed by atoms with van der Waals surface area (Å²) in [5, 5.41) is 6.32. The lowest BCUT2D eigenvalue weighted by molar-refractivity contribution is 0.0925. The van der Waals surface area contributed by atoms with E-state index < -0.39 is 17.5 Å². The number of carbonyl (C=O) groups is 1. The molecule has 2 aromatic rings. The summed E-state index contributed by atoms with van der Waals surface area (Å²) in [7, 11) is 3.87. The molecule has 0 spiro atoms. The number of nitrogens with zero attached hydrogens (tertiary/aromatic N) is 3. The Balaban J connectivity index is 0.00000300. The van der Waals surface area contributed by atoms with Gasteiger partial charge in [-0.1, -0.05) is 0 Å². The summed E-state index contributed by atoms with van der Waals surface area (Å²) in [4.78, 5) is 23.0. The number of nitrogens with one attached hydrogen (secondary N) is 2. The maximum absolute atomic E-state index is 13.3. The molecule has 0 aliphatic heterocycles. The second kappa shape index (κ2) is 9.82. The number of hydrogen-bond acceptors (Lipinski definition) is 5. The van der Waals surface area contributed by atoms with E-state index >= 15 is 0 Å². The van der Waals surface area contributed by atoms with Crippen LogP contribution in [0.3, 0.4) is 0 Å². The monoisotopic (exact) mass is 425 g/mol. The van der Waals surface area contributed by atoms with E-state index in [-0.39, 0.29) is 30.1 Å². The summed E-state index contributed by atoms with van der Waals surface area (Å²) in [6.45, 7) is 1.86. The van der Waals surface area contributed by atoms with Gasteiger partial charge in [0.25, 0.3) is 5.91 Å². The van der Waals surface area contributed by atoms with Crippen LogP contribution in [-0.2, 0) is 0 Å². The number of aromatic nitrogens is 2. The lowest BCUT2D eigenvalue weighted by Gasteiger charge is -2.30. The van der Waals surface area contributed by atoms with Gasteiger partial charge >= 0.3 is 0 Å². The number of halogens is 3. The second-order valence-corrected chi connectivity index (χ2v) is 7.38. The van der Waals surface area contributed by atoms with Gasteiger partial charge in [-0.15, -0.1) is 12.4 Å². The van der Waals surface area contributed by atoms with Crippen molar-refractivity contribution in [3.63, 3.8) is 0 Å². The quantitative estimate of drug-likeness (QED) is 0.764. The Morgan fingerprint density at radius 1 is 1.00 bits per heavy atom. The standard InChI is InChI=1S/C20H25F2N5O.ClH/c1-12-23-18(11-19(24-12)27(2)3)25-16-4-6-17(7-5-16)26-20(28)13-8-14(21)10-15(22)9-13;/h8-11,16-17H,4-7H2,1-3H3,(H,26,28)(H,23,24,25);1H/t16-,17+;. The van der Waals surface area contributed by atoms with Gasteiger partial charge < -0.3 is 15.5 Å². The predicted octanol–water partition coefficient (Wildman–Crippen LogP) is 3.70. The van der Waals surface area contributed by atoms with E-state index in [0.29, 0.717) is 5.82 Å². The molecule has 9 heteroatoms. The van der Waals surface area contributed by atoms with Crippen LogP contribution in [-0.4, -0.2) is 42.1 Å². The molecular weight excluding hydrogens is 400 g/mol. The smallest absolute Gasteiger partial charge is 0.251 e. The van der Waals surface area contributed by atoms with Crippen LogP contribution >= 0.6 is 12.4 Å². The van der Waals surface area contributed by atoms with Gasteiger partial charge in [-0.25, -0.2) is 18.7 Å². The second-order valence-electron chi connectivity index (χ2n) is 7.38. The number of anilines is 2. The van der Waals surface area contributed by atoms with Gasteiger partial charge in [0.2, 0.25) is 0 Å². The lowest BCUT2D eigenvalue weighted by Crippen LogP contribution is -2.40. The first-order chi connectivity index (χ1) is 13.3. The zero-order valence-electron chi connectivity index (χ0n) is 16.7. The van der Waals surface area contributed by atoms with Crippen molar-refractivity contribution in [2.75, 3.05) is 24.3 Å². The number of aryl methyl sites for hydroxylation is 1. The molecule has 0 saturated heterocycles. The minimum Gasteiger partial charge on any atom is -0.367 e. The lowest BCUT2D eigenvalue weighted by atomic mass is 9.91. The SMILES string of the molecule is Cc1nc(N[C@H]2CC[C@@H](NC(=O)c3cc(F)cc(F)c3)CC2)cc(N(C)C)n1.Cl. The molecule has 3 rings (SSSR count). The zero-order chi connectivity index (χ0) is 20.3. The van der Waals surface area contributed by atoms with Crippen LogP contribution in [0.4, 0.5) is 20.4 Å². The molecule has 0 bridgehead atoms. The summed E-state index contributed by atoms with van der Waals surface area (Å²) in [5.74, 6) is 0.386. The summed E-state index contributed by atoms with van der Waals surface area (Å²) in [6, 6.07) is 5.01. The minimum absolute atomic E-state index is 0. The average molecular weight is 426 g/mol. The number of rotatable bonds is 5. The van der Waals surface area contributed by atoms with Crippen LogP contribution in [0.5, 0.6) is 0 Å². The Morgan fingerprint density at radius 3 is 2.17 bits per heavy atom. The van der Waals surface area contributed by atoms with Crippen molar-refractivity contribution < 1.29 is 13.6 Å². The third kappa shape index (κ3) is 6.25. The van der Waals surface area contributed by atoms with E-state index in [2.05, 4.69) is 20.6 Å². The van der Waals surface area contributed by atoms with E-state index in [1.54, 1.807) is 0 Å². The Hall–Kier alpha value is -2.48. The normalized spacial score (nSPS) is 18.5. The van der Waals surface area contributed by atoms with Gasteiger partial charge in [-0.05, 0) is 44.7 Å². The highest BCUT2D eigenvalue weighted by Gasteiger charge is 2.23. The Bertz CT molecular complexity index is 837. The highest BCUT2D eigenvalue weighted by atomic mass is 35.5. The Morgan fingerprint density at radius 2 is 1.59 bits per heavy atom. The van der Waals surface area contributed by atoms with E-state index in [0.717, 1.165) is 55.5 Å². The third-order valence-corrected chi connectivity index (χ3v) is 4.82. The molecule has 29 heavy (non-hydrogen) atoms. The van der Waals surface area contributed by atoms with E-state index in [1.165, 1.54) is 0 Å². The van der Waals surface area contributed by atoms with Gasteiger partial charge in [0.05, 0.1) is 0 Å². The molecule has 1 heterocycles. The molecular formula is C20H26ClF2N5O. The average Bonchev–Trinajstić information content (AvgIpc) is 2.62. The van der Waals surface area contributed by atoms with Crippen molar-refractivity contribution in [1.29, 1.82) is 0 Å². The summed E-state index contributed by atoms with van der Waals surface area (Å²) < 4.78 is 26.6. The first-order valence-electron chi connectivity index (χ1n) is 9.36. The predicted molar refractivity (Wildman–Crippen MR) is 112 cm³/mol. The molecule has 1 aromatic carbocycles. The molecule has 1 amide bonds. The highest BCUT2D eigenvalue weighted by molar-refractivity contribution is 5.94. The van der Waals surface area contributed by atoms with Crippen LogP contribution in [0.1, 0.15) is 41.9 Å². The molecule has 1 aliphatic rings. The molecule has 1 fully saturated rings. The fraction of sp³-hybridized carbons (Fsp3) is 0.450. The van der Waals surface area contributed by atoms with Crippen LogP contribution in [0.15, 0.2) is 24.3 Å². The highest BCUT2D eigenvalue weighted by Crippen LogP contribution is 2.23. The minimum atomic E-state index is -0.754. The van der Waals surface area contributed by atoms with Gasteiger partial charge in [0, 0.05) is 43.9 Å². The Kier molecular flexibility index (Phi) is 7.73. The van der Waals surface area contributed by atoms with Crippen molar-refractivity contribution in [3.05, 3.63) is 47.3 Å². The molecule has 1 aliphatic carbocycles. The van der Waals surface area contributed by atoms with E-state index in [4.69, 9.17) is 0 Å². The first kappa shape index (κ1) is 22.8. The maximum Gasteiger partial charge on any atom is 0.251 e. The maximum atomic E-state index is 13.3. The molecule has 0 unspecified atom stereocenters. The van der Waals surface area contributed by atoms with Crippen LogP contribution in [0, 0.1) is 18.6 Å². The summed E-state index contributed by atoms with van der Waals surface area (Å²) in [6.07, 6.45) is 3.29. The first-order valence-corrected chi connectivity index (χ1v) is 9.36. The van der Waals surface area contributed by atoms with Crippen molar-refractivity contribution >= 4 is 29.9 Å². The molecule has 158 valence electrons. The number of amides is 1. The molecule has 1 saturated carbocycles. The van der Waals surface area contributed by atoms with Crippen LogP contribution < -0.4 is 15.5 Å². The van der Waals surface area contributed by atoms with Crippen molar-refractivity contribution in [3.8, 4) is 0 Å². The van der Waals surface area contributed by atoms with Crippen molar-refractivity contribution in [1.82, 2.24) is 15.3 Å². The van der Waals surface area contributed by atoms with Crippen LogP contribution in [0.25, 0.3) is 0 Å². The van der Waals surface area contributed by atoms with Crippen LogP contribution in [0.2, 0.25) is 0 Å². The fourth-order valence-corrected chi connectivity index (χ4v) is 3.40. The number of hydrogen-bond donors (Lipinski definition) is 2. The van der Waals surface area contributed by atoms with Crippen molar-refractivity contribution in [2.24, 2.45) is 0 Å². The van der Waals surface area contributed by atoms with Gasteiger partial charge in [-0.2, -0.15) is 0 Å². The molecule has 0 atom stereocenters. The molecule has 2 N–H and O–H groups in total. The fourth-order valence-electron chi connectivity index (χ4n) is 3.40. The van der Waals surface area contributed by atoms with E-state index in [9.17, 15) is 13.6 Å². The van der Waals surface area contributed by atoms with Gasteiger partial charge in [-0.3, -0.25) is 4.79 Å². The number of benzene rings is 1. The zero-order valence-corrected chi connectivity index (χ0v) is 17.5. The summed E-state index contributed by atoms with van der Waals surface area (Å²) >= 11 is 0. The number of carbonyl (C=O) groups excluding carboxylic acids is 1. The molecule has 1 aromatic heterocycles. The van der Waals surface area contributed by atoms with Crippen molar-refractivity contribution in [2.45, 2.75) is 44.7 Å². The van der Waals surface area contributed by atoms with Gasteiger partial charge in [0.15, 0.2) is 0 Å². The van der Waals surface area contributed by atoms with Gasteiger partial charge in [0.1, 0.15) is 29.1 Å². The third-order valence-electron chi connectivity index (χ3n) is 4.82. The summed E-state index contributed by atoms with van der Waals surface area (Å²) in [5.41, 5.74) is 0.00502.